The lowest BCUT2D eigenvalue weighted by atomic mass is 10.2. The Balaban J connectivity index is 1.53. The first-order valence-corrected chi connectivity index (χ1v) is 10.0. The quantitative estimate of drug-likeness (QED) is 0.526. The van der Waals surface area contributed by atoms with Crippen LogP contribution in [-0.2, 0) is 4.79 Å². The third kappa shape index (κ3) is 4.30. The average Bonchev–Trinajstić information content (AvgIpc) is 3.25. The van der Waals surface area contributed by atoms with E-state index in [4.69, 9.17) is 11.6 Å². The molecular formula is C20H12ClFN2OS2. The molecule has 4 rings (SSSR count). The predicted octanol–water partition coefficient (Wildman–Crippen LogP) is 6.10. The molecule has 0 atom stereocenters. The zero-order chi connectivity index (χ0) is 18.8. The van der Waals surface area contributed by atoms with Crippen molar-refractivity contribution < 1.29 is 9.18 Å². The molecule has 3 nitrogen and oxygen atoms in total. The van der Waals surface area contributed by atoms with Crippen LogP contribution in [0.15, 0.2) is 69.9 Å². The minimum Gasteiger partial charge on any atom is -0.300 e. The number of amides is 1. The van der Waals surface area contributed by atoms with Crippen LogP contribution < -0.4 is 5.32 Å². The van der Waals surface area contributed by atoms with Gasteiger partial charge in [-0.1, -0.05) is 35.9 Å². The van der Waals surface area contributed by atoms with Gasteiger partial charge in [0.15, 0.2) is 5.17 Å². The van der Waals surface area contributed by atoms with Crippen LogP contribution in [0.1, 0.15) is 5.56 Å². The van der Waals surface area contributed by atoms with Gasteiger partial charge in [-0.15, -0.1) is 11.3 Å². The molecule has 7 heteroatoms. The Labute approximate surface area is 168 Å². The van der Waals surface area contributed by atoms with E-state index in [1.54, 1.807) is 29.5 Å². The van der Waals surface area contributed by atoms with Gasteiger partial charge in [-0.05, 0) is 59.3 Å². The highest BCUT2D eigenvalue weighted by atomic mass is 35.5. The van der Waals surface area contributed by atoms with E-state index in [0.717, 1.165) is 21.7 Å². The number of benzene rings is 2. The molecule has 1 saturated heterocycles. The summed E-state index contributed by atoms with van der Waals surface area (Å²) < 4.78 is 13.0. The van der Waals surface area contributed by atoms with Gasteiger partial charge in [0.1, 0.15) is 5.82 Å². The number of carbonyl (C=O) groups excluding carboxylic acids is 1. The zero-order valence-corrected chi connectivity index (χ0v) is 16.2. The van der Waals surface area contributed by atoms with Crippen LogP contribution in [0.5, 0.6) is 0 Å². The third-order valence-electron chi connectivity index (χ3n) is 3.76. The maximum absolute atomic E-state index is 13.0. The summed E-state index contributed by atoms with van der Waals surface area (Å²) in [5, 5.41) is 5.91. The summed E-state index contributed by atoms with van der Waals surface area (Å²) in [6.07, 6.45) is 1.72. The maximum atomic E-state index is 13.0. The van der Waals surface area contributed by atoms with Crippen molar-refractivity contribution in [2.45, 2.75) is 0 Å². The molecule has 0 unspecified atom stereocenters. The van der Waals surface area contributed by atoms with Crippen molar-refractivity contribution in [3.63, 3.8) is 0 Å². The van der Waals surface area contributed by atoms with E-state index < -0.39 is 0 Å². The van der Waals surface area contributed by atoms with Gasteiger partial charge in [0.2, 0.25) is 0 Å². The standard InChI is InChI=1S/C20H12ClFN2OS2/c21-14-5-3-13(4-6-14)17-10-16(11-26-17)23-20-24-19(25)18(27-20)9-12-1-7-15(22)8-2-12/h1-11H,(H,23,24,25)/b18-9-. The van der Waals surface area contributed by atoms with E-state index in [0.29, 0.717) is 15.1 Å². The molecule has 134 valence electrons. The second-order valence-electron chi connectivity index (χ2n) is 5.71. The Morgan fingerprint density at radius 1 is 1.07 bits per heavy atom. The van der Waals surface area contributed by atoms with Crippen LogP contribution in [0.25, 0.3) is 16.5 Å². The van der Waals surface area contributed by atoms with Crippen molar-refractivity contribution in [2.75, 3.05) is 0 Å². The number of aliphatic imine (C=N–C) groups is 1. The van der Waals surface area contributed by atoms with Gasteiger partial charge in [-0.3, -0.25) is 4.79 Å². The van der Waals surface area contributed by atoms with Crippen LogP contribution >= 0.6 is 34.7 Å². The minimum absolute atomic E-state index is 0.212. The largest absolute Gasteiger partial charge is 0.300 e. The second kappa shape index (κ2) is 7.68. The summed E-state index contributed by atoms with van der Waals surface area (Å²) in [4.78, 5) is 18.2. The number of hydrogen-bond acceptors (Lipinski definition) is 4. The highest BCUT2D eigenvalue weighted by Gasteiger charge is 2.23. The number of halogens is 2. The van der Waals surface area contributed by atoms with Crippen LogP contribution in [0.2, 0.25) is 5.02 Å². The Morgan fingerprint density at radius 3 is 2.56 bits per heavy atom. The SMILES string of the molecule is O=C1NC(=Nc2csc(-c3ccc(Cl)cc3)c2)S/C1=C\c1ccc(F)cc1. The first kappa shape index (κ1) is 18.0. The van der Waals surface area contributed by atoms with Crippen molar-refractivity contribution in [1.82, 2.24) is 5.32 Å². The van der Waals surface area contributed by atoms with Gasteiger partial charge in [0.25, 0.3) is 5.91 Å². The fourth-order valence-electron chi connectivity index (χ4n) is 2.46. The van der Waals surface area contributed by atoms with Gasteiger partial charge in [0.05, 0.1) is 10.6 Å². The molecule has 0 bridgehead atoms. The van der Waals surface area contributed by atoms with E-state index in [2.05, 4.69) is 10.3 Å². The summed E-state index contributed by atoms with van der Waals surface area (Å²) in [5.74, 6) is -0.520. The molecule has 0 aliphatic carbocycles. The smallest absolute Gasteiger partial charge is 0.264 e. The van der Waals surface area contributed by atoms with Crippen molar-refractivity contribution >= 4 is 57.5 Å². The molecule has 1 aliphatic rings. The number of hydrogen-bond donors (Lipinski definition) is 1. The second-order valence-corrected chi connectivity index (χ2v) is 8.09. The average molecular weight is 415 g/mol. The van der Waals surface area contributed by atoms with Gasteiger partial charge in [-0.2, -0.15) is 0 Å². The molecule has 0 radical (unpaired) electrons. The molecule has 2 aromatic carbocycles. The number of thiophene rings is 1. The van der Waals surface area contributed by atoms with Gasteiger partial charge in [-0.25, -0.2) is 9.38 Å². The fraction of sp³-hybridized carbons (Fsp3) is 0. The lowest BCUT2D eigenvalue weighted by molar-refractivity contribution is -0.115. The van der Waals surface area contributed by atoms with Crippen LogP contribution in [0, 0.1) is 5.82 Å². The summed E-state index contributed by atoms with van der Waals surface area (Å²) in [5.41, 5.74) is 2.60. The van der Waals surface area contributed by atoms with Gasteiger partial charge >= 0.3 is 0 Å². The molecular weight excluding hydrogens is 403 g/mol. The molecule has 0 saturated carbocycles. The molecule has 3 aromatic rings. The number of nitrogens with one attached hydrogen (secondary N) is 1. The molecule has 0 spiro atoms. The Kier molecular flexibility index (Phi) is 5.11. The lowest BCUT2D eigenvalue weighted by Gasteiger charge is -1.96. The van der Waals surface area contributed by atoms with Crippen molar-refractivity contribution in [1.29, 1.82) is 0 Å². The summed E-state index contributed by atoms with van der Waals surface area (Å²) in [6.45, 7) is 0. The Hall–Kier alpha value is -2.41. The van der Waals surface area contributed by atoms with E-state index in [1.165, 1.54) is 23.9 Å². The monoisotopic (exact) mass is 414 g/mol. The van der Waals surface area contributed by atoms with Crippen molar-refractivity contribution in [3.8, 4) is 10.4 Å². The van der Waals surface area contributed by atoms with E-state index in [9.17, 15) is 9.18 Å². The third-order valence-corrected chi connectivity index (χ3v) is 5.89. The van der Waals surface area contributed by atoms with Crippen molar-refractivity contribution in [3.05, 3.63) is 81.3 Å². The maximum Gasteiger partial charge on any atom is 0.264 e. The summed E-state index contributed by atoms with van der Waals surface area (Å²) in [6, 6.07) is 15.6. The molecule has 2 heterocycles. The van der Waals surface area contributed by atoms with E-state index in [-0.39, 0.29) is 11.7 Å². The highest BCUT2D eigenvalue weighted by molar-refractivity contribution is 8.18. The van der Waals surface area contributed by atoms with Crippen LogP contribution in [-0.4, -0.2) is 11.1 Å². The molecule has 1 amide bonds. The normalized spacial score (nSPS) is 16.9. The molecule has 1 N–H and O–H groups in total. The highest BCUT2D eigenvalue weighted by Crippen LogP contribution is 2.34. The van der Waals surface area contributed by atoms with Crippen molar-refractivity contribution in [2.24, 2.45) is 4.99 Å². The molecule has 1 fully saturated rings. The molecule has 27 heavy (non-hydrogen) atoms. The van der Waals surface area contributed by atoms with Crippen LogP contribution in [0.3, 0.4) is 0 Å². The zero-order valence-electron chi connectivity index (χ0n) is 13.8. The summed E-state index contributed by atoms with van der Waals surface area (Å²) >= 11 is 8.76. The number of thioether (sulfide) groups is 1. The van der Waals surface area contributed by atoms with E-state index in [1.807, 2.05) is 35.7 Å². The Morgan fingerprint density at radius 2 is 1.81 bits per heavy atom. The summed E-state index contributed by atoms with van der Waals surface area (Å²) in [7, 11) is 0. The molecule has 1 aliphatic heterocycles. The number of carbonyl (C=O) groups is 1. The molecule has 1 aromatic heterocycles. The first-order valence-electron chi connectivity index (χ1n) is 7.96. The van der Waals surface area contributed by atoms with Crippen LogP contribution in [0.4, 0.5) is 10.1 Å². The number of amidine groups is 1. The topological polar surface area (TPSA) is 41.5 Å². The first-order chi connectivity index (χ1) is 13.1. The predicted molar refractivity (Wildman–Crippen MR) is 112 cm³/mol. The Bertz CT molecular complexity index is 1060. The number of rotatable bonds is 3. The number of nitrogens with zero attached hydrogens (tertiary/aromatic N) is 1. The minimum atomic E-state index is -0.308. The van der Waals surface area contributed by atoms with Gasteiger partial charge in [0, 0.05) is 15.3 Å². The lowest BCUT2D eigenvalue weighted by Crippen LogP contribution is -2.19. The fourth-order valence-corrected chi connectivity index (χ4v) is 4.26. The van der Waals surface area contributed by atoms with E-state index >= 15 is 0 Å². The van der Waals surface area contributed by atoms with Gasteiger partial charge < -0.3 is 5.32 Å².